The van der Waals surface area contributed by atoms with Crippen LogP contribution in [0.15, 0.2) is 24.3 Å². The molecule has 1 saturated heterocycles. The van der Waals surface area contributed by atoms with Gasteiger partial charge in [0.15, 0.2) is 0 Å². The van der Waals surface area contributed by atoms with E-state index in [0.717, 1.165) is 57.9 Å². The topological polar surface area (TPSA) is 70.2 Å². The lowest BCUT2D eigenvalue weighted by atomic mass is 9.88. The molecule has 1 saturated carbocycles. The summed E-state index contributed by atoms with van der Waals surface area (Å²) in [5, 5.41) is 0. The van der Waals surface area contributed by atoms with Gasteiger partial charge in [-0.3, -0.25) is 14.4 Å². The maximum absolute atomic E-state index is 13.6. The maximum Gasteiger partial charge on any atom is 0.257 e. The highest BCUT2D eigenvalue weighted by atomic mass is 16.5. The van der Waals surface area contributed by atoms with Crippen LogP contribution in [0, 0.1) is 5.92 Å². The number of likely N-dealkylation sites (tertiary alicyclic amines) is 1. The Morgan fingerprint density at radius 3 is 2.39 bits per heavy atom. The van der Waals surface area contributed by atoms with Gasteiger partial charge in [0.05, 0.1) is 17.5 Å². The van der Waals surface area contributed by atoms with Crippen molar-refractivity contribution in [1.29, 1.82) is 0 Å². The van der Waals surface area contributed by atoms with Crippen molar-refractivity contribution in [3.63, 3.8) is 0 Å². The molecule has 4 rings (SSSR count). The summed E-state index contributed by atoms with van der Waals surface area (Å²) in [7, 11) is 1.86. The van der Waals surface area contributed by atoms with Crippen molar-refractivity contribution in [3.8, 4) is 5.75 Å². The molecule has 7 heteroatoms. The molecule has 2 fully saturated rings. The van der Waals surface area contributed by atoms with E-state index in [1.165, 1.54) is 0 Å². The minimum absolute atomic E-state index is 0.00135. The van der Waals surface area contributed by atoms with Gasteiger partial charge in [-0.05, 0) is 44.2 Å². The number of nitrogens with zero attached hydrogens (tertiary/aromatic N) is 3. The van der Waals surface area contributed by atoms with Gasteiger partial charge in [0.1, 0.15) is 11.9 Å². The van der Waals surface area contributed by atoms with Crippen LogP contribution in [0.4, 0.5) is 0 Å². The predicted molar refractivity (Wildman–Crippen MR) is 126 cm³/mol. The Balaban J connectivity index is 1.59. The summed E-state index contributed by atoms with van der Waals surface area (Å²) in [6.07, 6.45) is 7.75. The summed E-state index contributed by atoms with van der Waals surface area (Å²) in [6.45, 7) is 4.05. The number of ether oxygens (including phenoxy) is 1. The molecule has 1 aromatic carbocycles. The fourth-order valence-corrected chi connectivity index (χ4v) is 5.34. The Morgan fingerprint density at radius 1 is 0.939 bits per heavy atom. The van der Waals surface area contributed by atoms with Crippen LogP contribution in [0.2, 0.25) is 0 Å². The lowest BCUT2D eigenvalue weighted by Crippen LogP contribution is -2.60. The molecule has 0 aromatic heterocycles. The minimum Gasteiger partial charge on any atom is -0.487 e. The molecular formula is C26H37N3O4. The zero-order valence-corrected chi connectivity index (χ0v) is 20.0. The van der Waals surface area contributed by atoms with Crippen LogP contribution < -0.4 is 4.74 Å². The highest BCUT2D eigenvalue weighted by molar-refractivity contribution is 5.96. The van der Waals surface area contributed by atoms with Gasteiger partial charge in [-0.15, -0.1) is 0 Å². The van der Waals surface area contributed by atoms with Gasteiger partial charge in [0.25, 0.3) is 5.91 Å². The molecule has 1 aromatic rings. The molecular weight excluding hydrogens is 418 g/mol. The molecule has 2 aliphatic heterocycles. The summed E-state index contributed by atoms with van der Waals surface area (Å²) >= 11 is 0. The van der Waals surface area contributed by atoms with Gasteiger partial charge in [-0.1, -0.05) is 31.4 Å². The summed E-state index contributed by atoms with van der Waals surface area (Å²) in [5.74, 6) is 0.677. The lowest BCUT2D eigenvalue weighted by molar-refractivity contribution is -0.151. The third-order valence-electron chi connectivity index (χ3n) is 7.41. The summed E-state index contributed by atoms with van der Waals surface area (Å²) in [5.41, 5.74) is 0.593. The molecule has 0 spiro atoms. The van der Waals surface area contributed by atoms with E-state index in [0.29, 0.717) is 30.9 Å². The fourth-order valence-electron chi connectivity index (χ4n) is 5.34. The van der Waals surface area contributed by atoms with Crippen molar-refractivity contribution in [3.05, 3.63) is 29.8 Å². The van der Waals surface area contributed by atoms with Gasteiger partial charge in [0.2, 0.25) is 11.8 Å². The SMILES string of the molecule is CC(=O)N1CC(C(=O)N2CCCCCCN(C)C(=O)c3ccccc3O[C@H]3CCCC[C@H]32)C1. The normalized spacial score (nSPS) is 25.3. The van der Waals surface area contributed by atoms with Gasteiger partial charge in [-0.2, -0.15) is 0 Å². The third-order valence-corrected chi connectivity index (χ3v) is 7.41. The van der Waals surface area contributed by atoms with Crippen molar-refractivity contribution in [1.82, 2.24) is 14.7 Å². The number of carbonyl (C=O) groups excluding carboxylic acids is 3. The molecule has 3 aliphatic rings. The number of para-hydroxylation sites is 1. The second kappa shape index (κ2) is 10.6. The van der Waals surface area contributed by atoms with E-state index in [1.807, 2.05) is 31.3 Å². The third kappa shape index (κ3) is 5.33. The van der Waals surface area contributed by atoms with Gasteiger partial charge in [-0.25, -0.2) is 0 Å². The Hall–Kier alpha value is -2.57. The standard InChI is InChI=1S/C26H37N3O4/c1-19(30)28-17-20(18-28)25(31)29-16-10-4-3-9-15-27(2)26(32)21-11-5-7-13-23(21)33-24-14-8-6-12-22(24)29/h5,7,11,13,20,22,24H,3-4,6,8-10,12,14-18H2,1-2H3/t22-,24+/m1/s1. The first-order valence-corrected chi connectivity index (χ1v) is 12.5. The van der Waals surface area contributed by atoms with Crippen LogP contribution >= 0.6 is 0 Å². The number of hydrogen-bond acceptors (Lipinski definition) is 4. The van der Waals surface area contributed by atoms with Gasteiger partial charge in [0, 0.05) is 40.2 Å². The van der Waals surface area contributed by atoms with Crippen molar-refractivity contribution in [2.45, 2.75) is 70.4 Å². The summed E-state index contributed by atoms with van der Waals surface area (Å²) in [4.78, 5) is 43.9. The highest BCUT2D eigenvalue weighted by Gasteiger charge is 2.41. The number of fused-ring (bicyclic) bond motifs is 2. The Labute approximate surface area is 197 Å². The molecule has 7 nitrogen and oxygen atoms in total. The van der Waals surface area contributed by atoms with Crippen LogP contribution in [0.1, 0.15) is 68.6 Å². The number of carbonyl (C=O) groups is 3. The molecule has 1 aliphatic carbocycles. The molecule has 2 heterocycles. The Morgan fingerprint density at radius 2 is 1.64 bits per heavy atom. The molecule has 0 radical (unpaired) electrons. The monoisotopic (exact) mass is 455 g/mol. The Bertz CT molecular complexity index is 867. The second-order valence-corrected chi connectivity index (χ2v) is 9.80. The molecule has 3 amide bonds. The van der Waals surface area contributed by atoms with E-state index in [9.17, 15) is 14.4 Å². The van der Waals surface area contributed by atoms with Crippen molar-refractivity contribution < 1.29 is 19.1 Å². The second-order valence-electron chi connectivity index (χ2n) is 9.80. The summed E-state index contributed by atoms with van der Waals surface area (Å²) in [6, 6.07) is 7.50. The molecule has 0 N–H and O–H groups in total. The van der Waals surface area contributed by atoms with Crippen LogP contribution in [-0.4, -0.2) is 77.8 Å². The molecule has 33 heavy (non-hydrogen) atoms. The number of rotatable bonds is 1. The number of benzene rings is 1. The van der Waals surface area contributed by atoms with E-state index < -0.39 is 0 Å². The molecule has 0 bridgehead atoms. The van der Waals surface area contributed by atoms with Crippen LogP contribution in [0.25, 0.3) is 0 Å². The van der Waals surface area contributed by atoms with Crippen molar-refractivity contribution >= 4 is 17.7 Å². The number of amides is 3. The van der Waals surface area contributed by atoms with E-state index in [1.54, 1.807) is 16.7 Å². The fraction of sp³-hybridized carbons (Fsp3) is 0.654. The Kier molecular flexibility index (Phi) is 7.56. The highest BCUT2D eigenvalue weighted by Crippen LogP contribution is 2.32. The quantitative estimate of drug-likeness (QED) is 0.651. The molecule has 2 atom stereocenters. The zero-order chi connectivity index (χ0) is 23.4. The predicted octanol–water partition coefficient (Wildman–Crippen LogP) is 3.33. The lowest BCUT2D eigenvalue weighted by Gasteiger charge is -2.45. The minimum atomic E-state index is -0.131. The first-order valence-electron chi connectivity index (χ1n) is 12.5. The van der Waals surface area contributed by atoms with E-state index >= 15 is 0 Å². The largest absolute Gasteiger partial charge is 0.487 e. The smallest absolute Gasteiger partial charge is 0.257 e. The van der Waals surface area contributed by atoms with E-state index in [4.69, 9.17) is 4.74 Å². The van der Waals surface area contributed by atoms with Gasteiger partial charge >= 0.3 is 0 Å². The number of hydrogen-bond donors (Lipinski definition) is 0. The van der Waals surface area contributed by atoms with E-state index in [2.05, 4.69) is 4.90 Å². The first-order chi connectivity index (χ1) is 16.0. The van der Waals surface area contributed by atoms with Gasteiger partial charge < -0.3 is 19.4 Å². The van der Waals surface area contributed by atoms with Crippen LogP contribution in [0.5, 0.6) is 5.75 Å². The average Bonchev–Trinajstić information content (AvgIpc) is 2.77. The van der Waals surface area contributed by atoms with Crippen LogP contribution in [-0.2, 0) is 9.59 Å². The van der Waals surface area contributed by atoms with Crippen molar-refractivity contribution in [2.24, 2.45) is 5.92 Å². The zero-order valence-electron chi connectivity index (χ0n) is 20.0. The summed E-state index contributed by atoms with van der Waals surface area (Å²) < 4.78 is 6.53. The van der Waals surface area contributed by atoms with Crippen molar-refractivity contribution in [2.75, 3.05) is 33.2 Å². The first kappa shape index (κ1) is 23.6. The maximum atomic E-state index is 13.6. The molecule has 0 unspecified atom stereocenters. The van der Waals surface area contributed by atoms with Crippen LogP contribution in [0.3, 0.4) is 0 Å². The molecule has 180 valence electrons. The van der Waals surface area contributed by atoms with E-state index in [-0.39, 0.29) is 35.8 Å². The average molecular weight is 456 g/mol.